The highest BCUT2D eigenvalue weighted by atomic mass is 16.2. The van der Waals surface area contributed by atoms with Crippen molar-refractivity contribution in [2.45, 2.75) is 25.8 Å². The van der Waals surface area contributed by atoms with Crippen molar-refractivity contribution in [1.29, 1.82) is 0 Å². The molecule has 2 aromatic heterocycles. The maximum Gasteiger partial charge on any atom is 0.332 e. The second-order valence-corrected chi connectivity index (χ2v) is 7.35. The summed E-state index contributed by atoms with van der Waals surface area (Å²) in [4.78, 5) is 30.9. The quantitative estimate of drug-likeness (QED) is 0.673. The molecule has 2 N–H and O–H groups in total. The molecule has 3 heterocycles. The van der Waals surface area contributed by atoms with E-state index >= 15 is 0 Å². The lowest BCUT2D eigenvalue weighted by molar-refractivity contribution is 0.497. The van der Waals surface area contributed by atoms with Crippen LogP contribution in [0.2, 0.25) is 0 Å². The lowest BCUT2D eigenvalue weighted by Gasteiger charge is -2.31. The van der Waals surface area contributed by atoms with Crippen LogP contribution in [0.1, 0.15) is 18.4 Å². The molecule has 1 fully saturated rings. The third-order valence-electron chi connectivity index (χ3n) is 5.13. The Kier molecular flexibility index (Phi) is 5.69. The number of nitrogens with two attached hydrogens (primary N) is 1. The molecule has 0 saturated carbocycles. The first-order valence-corrected chi connectivity index (χ1v) is 9.46. The lowest BCUT2D eigenvalue weighted by Crippen LogP contribution is -2.43. The molecule has 1 atom stereocenters. The molecule has 0 radical (unpaired) electrons. The van der Waals surface area contributed by atoms with E-state index in [0.717, 1.165) is 24.0 Å². The molecular formula is C20H28N6O2. The van der Waals surface area contributed by atoms with Crippen molar-refractivity contribution in [2.24, 2.45) is 26.9 Å². The maximum absolute atomic E-state index is 12.3. The minimum atomic E-state index is -0.368. The summed E-state index contributed by atoms with van der Waals surface area (Å²) in [7, 11) is 4.91. The molecule has 150 valence electrons. The number of hydrogen-bond acceptors (Lipinski definition) is 5. The molecule has 28 heavy (non-hydrogen) atoms. The highest BCUT2D eigenvalue weighted by Gasteiger charge is 2.24. The minimum absolute atomic E-state index is 0.116. The van der Waals surface area contributed by atoms with Crippen LogP contribution in [0, 0.1) is 6.92 Å². The van der Waals surface area contributed by atoms with Gasteiger partial charge >= 0.3 is 5.69 Å². The Bertz CT molecular complexity index is 1080. The van der Waals surface area contributed by atoms with Gasteiger partial charge in [-0.2, -0.15) is 4.98 Å². The van der Waals surface area contributed by atoms with Crippen LogP contribution in [0.3, 0.4) is 0 Å². The Balaban J connectivity index is 0.000000271. The van der Waals surface area contributed by atoms with Crippen LogP contribution in [0.15, 0.2) is 39.9 Å². The molecule has 3 aromatic rings. The van der Waals surface area contributed by atoms with Gasteiger partial charge in [0.2, 0.25) is 5.95 Å². The third kappa shape index (κ3) is 3.73. The summed E-state index contributed by atoms with van der Waals surface area (Å²) in [6.45, 7) is 3.66. The van der Waals surface area contributed by atoms with Crippen LogP contribution in [-0.2, 0) is 21.1 Å². The van der Waals surface area contributed by atoms with Crippen molar-refractivity contribution in [2.75, 3.05) is 18.0 Å². The van der Waals surface area contributed by atoms with Gasteiger partial charge in [0.1, 0.15) is 0 Å². The van der Waals surface area contributed by atoms with Crippen LogP contribution in [0.5, 0.6) is 0 Å². The summed E-state index contributed by atoms with van der Waals surface area (Å²) >= 11 is 0. The number of imidazole rings is 1. The first-order valence-electron chi connectivity index (χ1n) is 9.46. The SMILES string of the molecule is Cc1ccccc1.Cn1c(=O)c2c(nc(N3CCCC(N)C3)n2C)n(C)c1=O. The van der Waals surface area contributed by atoms with E-state index in [9.17, 15) is 9.59 Å². The third-order valence-corrected chi connectivity index (χ3v) is 5.13. The van der Waals surface area contributed by atoms with Crippen molar-refractivity contribution in [3.63, 3.8) is 0 Å². The second kappa shape index (κ2) is 8.02. The van der Waals surface area contributed by atoms with E-state index in [1.807, 2.05) is 18.2 Å². The number of rotatable bonds is 1. The average molecular weight is 384 g/mol. The molecule has 1 aliphatic rings. The fourth-order valence-corrected chi connectivity index (χ4v) is 3.52. The Morgan fingerprint density at radius 3 is 2.29 bits per heavy atom. The number of hydrogen-bond donors (Lipinski definition) is 1. The van der Waals surface area contributed by atoms with Gasteiger partial charge in [-0.15, -0.1) is 0 Å². The van der Waals surface area contributed by atoms with Gasteiger partial charge in [0.25, 0.3) is 5.56 Å². The van der Waals surface area contributed by atoms with Crippen molar-refractivity contribution in [3.8, 4) is 0 Å². The summed E-state index contributed by atoms with van der Waals surface area (Å²) in [6, 6.07) is 10.4. The number of piperidine rings is 1. The van der Waals surface area contributed by atoms with E-state index in [1.54, 1.807) is 18.7 Å². The van der Waals surface area contributed by atoms with Crippen molar-refractivity contribution >= 4 is 17.1 Å². The zero-order chi connectivity index (χ0) is 20.4. The average Bonchev–Trinajstić information content (AvgIpc) is 3.03. The molecule has 0 aliphatic carbocycles. The van der Waals surface area contributed by atoms with Gasteiger partial charge < -0.3 is 15.2 Å². The molecule has 8 nitrogen and oxygen atoms in total. The van der Waals surface area contributed by atoms with Crippen molar-refractivity contribution < 1.29 is 0 Å². The molecule has 0 spiro atoms. The van der Waals surface area contributed by atoms with E-state index in [4.69, 9.17) is 5.73 Å². The summed E-state index contributed by atoms with van der Waals surface area (Å²) in [5.74, 6) is 0.693. The van der Waals surface area contributed by atoms with Gasteiger partial charge in [-0.3, -0.25) is 13.9 Å². The molecule has 1 aromatic carbocycles. The summed E-state index contributed by atoms with van der Waals surface area (Å²) < 4.78 is 4.27. The van der Waals surface area contributed by atoms with Gasteiger partial charge in [-0.1, -0.05) is 35.9 Å². The van der Waals surface area contributed by atoms with Crippen LogP contribution in [0.4, 0.5) is 5.95 Å². The summed E-state index contributed by atoms with van der Waals surface area (Å²) in [5.41, 5.74) is 7.50. The Labute approximate surface area is 163 Å². The molecule has 1 aliphatic heterocycles. The molecule has 0 bridgehead atoms. The molecule has 8 heteroatoms. The van der Waals surface area contributed by atoms with Crippen LogP contribution in [0.25, 0.3) is 11.2 Å². The highest BCUT2D eigenvalue weighted by molar-refractivity contribution is 5.74. The number of benzene rings is 1. The van der Waals surface area contributed by atoms with Crippen molar-refractivity contribution in [1.82, 2.24) is 18.7 Å². The van der Waals surface area contributed by atoms with E-state index in [2.05, 4.69) is 28.9 Å². The Hall–Kier alpha value is -2.87. The first kappa shape index (κ1) is 19.9. The molecule has 0 amide bonds. The van der Waals surface area contributed by atoms with Gasteiger partial charge in [0.15, 0.2) is 11.2 Å². The number of aromatic nitrogens is 4. The number of nitrogens with zero attached hydrogens (tertiary/aromatic N) is 5. The molecular weight excluding hydrogens is 356 g/mol. The van der Waals surface area contributed by atoms with E-state index in [1.165, 1.54) is 17.2 Å². The number of aryl methyl sites for hydroxylation is 3. The summed E-state index contributed by atoms with van der Waals surface area (Å²) in [6.07, 6.45) is 2.00. The van der Waals surface area contributed by atoms with E-state index < -0.39 is 0 Å². The zero-order valence-electron chi connectivity index (χ0n) is 16.9. The fourth-order valence-electron chi connectivity index (χ4n) is 3.52. The monoisotopic (exact) mass is 384 g/mol. The molecule has 4 rings (SSSR count). The van der Waals surface area contributed by atoms with Crippen LogP contribution in [-0.4, -0.2) is 37.8 Å². The van der Waals surface area contributed by atoms with Crippen LogP contribution < -0.4 is 21.9 Å². The van der Waals surface area contributed by atoms with E-state index in [-0.39, 0.29) is 17.3 Å². The Morgan fingerprint density at radius 1 is 1.04 bits per heavy atom. The standard InChI is InChI=1S/C13H20N6O2.C7H8/c1-16-9-10(17(2)13(21)18(3)11(9)20)15-12(16)19-6-4-5-8(14)7-19;1-7-5-3-2-4-6-7/h8H,4-7,14H2,1-3H3;2-6H,1H3. The van der Waals surface area contributed by atoms with E-state index in [0.29, 0.717) is 23.7 Å². The van der Waals surface area contributed by atoms with Crippen molar-refractivity contribution in [3.05, 3.63) is 56.7 Å². The van der Waals surface area contributed by atoms with Gasteiger partial charge in [-0.05, 0) is 19.8 Å². The topological polar surface area (TPSA) is 91.1 Å². The van der Waals surface area contributed by atoms with Crippen LogP contribution >= 0.6 is 0 Å². The van der Waals surface area contributed by atoms with Gasteiger partial charge in [0.05, 0.1) is 0 Å². The zero-order valence-corrected chi connectivity index (χ0v) is 16.9. The Morgan fingerprint density at radius 2 is 1.71 bits per heavy atom. The minimum Gasteiger partial charge on any atom is -0.341 e. The first-order chi connectivity index (χ1) is 13.3. The van der Waals surface area contributed by atoms with Gasteiger partial charge in [-0.25, -0.2) is 4.79 Å². The second-order valence-electron chi connectivity index (χ2n) is 7.35. The number of anilines is 1. The molecule has 1 saturated heterocycles. The number of fused-ring (bicyclic) bond motifs is 1. The molecule has 1 unspecified atom stereocenters. The summed E-state index contributed by atoms with van der Waals surface area (Å²) in [5, 5.41) is 0. The predicted octanol–water partition coefficient (Wildman–Crippen LogP) is 0.893. The maximum atomic E-state index is 12.3. The largest absolute Gasteiger partial charge is 0.341 e. The predicted molar refractivity (Wildman–Crippen MR) is 112 cm³/mol. The fraction of sp³-hybridized carbons (Fsp3) is 0.450. The lowest BCUT2D eigenvalue weighted by atomic mass is 10.1. The smallest absolute Gasteiger partial charge is 0.332 e. The highest BCUT2D eigenvalue weighted by Crippen LogP contribution is 2.21. The normalized spacial score (nSPS) is 16.8. The van der Waals surface area contributed by atoms with Gasteiger partial charge in [0, 0.05) is 40.3 Å².